The average molecular weight is 316 g/mol. The zero-order valence-electron chi connectivity index (χ0n) is 12.2. The maximum absolute atomic E-state index is 11.5. The second kappa shape index (κ2) is 5.88. The molecule has 0 saturated carbocycles. The van der Waals surface area contributed by atoms with E-state index in [0.29, 0.717) is 11.3 Å². The first-order valence-electron chi connectivity index (χ1n) is 7.17. The molecule has 1 aliphatic rings. The number of thiophene rings is 1. The Morgan fingerprint density at radius 2 is 2.23 bits per heavy atom. The fourth-order valence-electron chi connectivity index (χ4n) is 2.96. The summed E-state index contributed by atoms with van der Waals surface area (Å²) in [4.78, 5) is 25.8. The molecule has 1 fully saturated rings. The van der Waals surface area contributed by atoms with Gasteiger partial charge in [-0.05, 0) is 43.3 Å². The Morgan fingerprint density at radius 3 is 2.86 bits per heavy atom. The van der Waals surface area contributed by atoms with Crippen molar-refractivity contribution in [2.75, 3.05) is 11.4 Å². The van der Waals surface area contributed by atoms with Crippen molar-refractivity contribution in [1.29, 1.82) is 0 Å². The predicted octanol–water partition coefficient (Wildman–Crippen LogP) is 4.20. The van der Waals surface area contributed by atoms with Crippen LogP contribution >= 0.6 is 11.3 Å². The minimum atomic E-state index is -0.397. The third-order valence-electron chi connectivity index (χ3n) is 4.01. The summed E-state index contributed by atoms with van der Waals surface area (Å²) in [5.74, 6) is -0.161. The number of nitrogens with zero attached hydrogens (tertiary/aromatic N) is 2. The van der Waals surface area contributed by atoms with Crippen LogP contribution < -0.4 is 4.90 Å². The van der Waals surface area contributed by atoms with E-state index in [0.717, 1.165) is 19.4 Å². The van der Waals surface area contributed by atoms with Crippen LogP contribution in [0.2, 0.25) is 0 Å². The molecule has 6 heteroatoms. The minimum Gasteiger partial charge on any atom is -0.358 e. The fraction of sp³-hybridized carbons (Fsp3) is 0.312. The normalized spacial score (nSPS) is 17.7. The Kier molecular flexibility index (Phi) is 3.94. The largest absolute Gasteiger partial charge is 0.358 e. The zero-order valence-corrected chi connectivity index (χ0v) is 13.0. The molecule has 3 rings (SSSR count). The van der Waals surface area contributed by atoms with E-state index in [4.69, 9.17) is 0 Å². The number of ketones is 1. The van der Waals surface area contributed by atoms with Gasteiger partial charge in [0.2, 0.25) is 0 Å². The maximum Gasteiger partial charge on any atom is 0.293 e. The van der Waals surface area contributed by atoms with Crippen LogP contribution in [0.4, 0.5) is 11.4 Å². The molecule has 0 amide bonds. The van der Waals surface area contributed by atoms with Crippen molar-refractivity contribution < 1.29 is 9.72 Å². The Balaban J connectivity index is 2.03. The Morgan fingerprint density at radius 1 is 1.41 bits per heavy atom. The quantitative estimate of drug-likeness (QED) is 0.482. The lowest BCUT2D eigenvalue weighted by molar-refractivity contribution is -0.384. The first-order valence-corrected chi connectivity index (χ1v) is 8.05. The molecule has 0 spiro atoms. The molecular weight excluding hydrogens is 300 g/mol. The van der Waals surface area contributed by atoms with Gasteiger partial charge in [-0.15, -0.1) is 11.3 Å². The average Bonchev–Trinajstić information content (AvgIpc) is 3.17. The third-order valence-corrected chi connectivity index (χ3v) is 4.99. The lowest BCUT2D eigenvalue weighted by Gasteiger charge is -2.25. The molecule has 2 heterocycles. The van der Waals surface area contributed by atoms with Crippen LogP contribution in [0.1, 0.15) is 41.0 Å². The van der Waals surface area contributed by atoms with Crippen molar-refractivity contribution in [3.8, 4) is 0 Å². The molecule has 1 aromatic carbocycles. The molecular formula is C16H16N2O3S. The number of benzene rings is 1. The van der Waals surface area contributed by atoms with Gasteiger partial charge in [-0.2, -0.15) is 0 Å². The Bertz CT molecular complexity index is 712. The number of carbonyl (C=O) groups excluding carboxylic acids is 1. The SMILES string of the molecule is CC(=O)c1ccc(N2CCCC2c2cccs2)c([N+](=O)[O-])c1. The molecule has 1 atom stereocenters. The molecule has 2 aromatic rings. The highest BCUT2D eigenvalue weighted by Gasteiger charge is 2.31. The Hall–Kier alpha value is -2.21. The highest BCUT2D eigenvalue weighted by atomic mass is 32.1. The van der Waals surface area contributed by atoms with Crippen LogP contribution in [0.3, 0.4) is 0 Å². The molecule has 0 radical (unpaired) electrons. The van der Waals surface area contributed by atoms with Crippen molar-refractivity contribution >= 4 is 28.5 Å². The van der Waals surface area contributed by atoms with Gasteiger partial charge >= 0.3 is 0 Å². The summed E-state index contributed by atoms with van der Waals surface area (Å²) in [6.07, 6.45) is 2.00. The van der Waals surface area contributed by atoms with Crippen LogP contribution in [-0.4, -0.2) is 17.3 Å². The highest BCUT2D eigenvalue weighted by molar-refractivity contribution is 7.10. The summed E-state index contributed by atoms with van der Waals surface area (Å²) in [5, 5.41) is 13.4. The van der Waals surface area contributed by atoms with Crippen LogP contribution in [-0.2, 0) is 0 Å². The van der Waals surface area contributed by atoms with E-state index in [-0.39, 0.29) is 17.5 Å². The summed E-state index contributed by atoms with van der Waals surface area (Å²) in [7, 11) is 0. The number of carbonyl (C=O) groups is 1. The predicted molar refractivity (Wildman–Crippen MR) is 86.7 cm³/mol. The standard InChI is InChI=1S/C16H16N2O3S/c1-11(19)12-6-7-13(15(10-12)18(20)21)17-8-2-4-14(17)16-5-3-9-22-16/h3,5-7,9-10,14H,2,4,8H2,1H3. The van der Waals surface area contributed by atoms with E-state index in [1.54, 1.807) is 23.5 Å². The molecule has 1 aromatic heterocycles. The van der Waals surface area contributed by atoms with Gasteiger partial charge in [0.1, 0.15) is 5.69 Å². The molecule has 22 heavy (non-hydrogen) atoms. The highest BCUT2D eigenvalue weighted by Crippen LogP contribution is 2.41. The van der Waals surface area contributed by atoms with Crippen LogP contribution in [0.15, 0.2) is 35.7 Å². The first-order chi connectivity index (χ1) is 10.6. The summed E-state index contributed by atoms with van der Waals surface area (Å²) >= 11 is 1.68. The molecule has 114 valence electrons. The van der Waals surface area contributed by atoms with Gasteiger partial charge in [0.15, 0.2) is 5.78 Å². The smallest absolute Gasteiger partial charge is 0.293 e. The number of hydrogen-bond acceptors (Lipinski definition) is 5. The number of nitro groups is 1. The number of hydrogen-bond donors (Lipinski definition) is 0. The number of anilines is 1. The molecule has 1 aliphatic heterocycles. The van der Waals surface area contributed by atoms with Crippen molar-refractivity contribution in [2.24, 2.45) is 0 Å². The van der Waals surface area contributed by atoms with Gasteiger partial charge in [-0.3, -0.25) is 14.9 Å². The van der Waals surface area contributed by atoms with E-state index < -0.39 is 4.92 Å². The lowest BCUT2D eigenvalue weighted by Crippen LogP contribution is -2.23. The van der Waals surface area contributed by atoms with E-state index in [1.165, 1.54) is 17.9 Å². The third kappa shape index (κ3) is 2.62. The van der Waals surface area contributed by atoms with Crippen LogP contribution in [0, 0.1) is 10.1 Å². The van der Waals surface area contributed by atoms with Crippen molar-refractivity contribution in [3.63, 3.8) is 0 Å². The number of Topliss-reactive ketones (excluding diaryl/α,β-unsaturated/α-hetero) is 1. The van der Waals surface area contributed by atoms with Gasteiger partial charge in [0.05, 0.1) is 11.0 Å². The van der Waals surface area contributed by atoms with E-state index >= 15 is 0 Å². The number of nitro benzene ring substituents is 1. The van der Waals surface area contributed by atoms with Gasteiger partial charge < -0.3 is 4.90 Å². The van der Waals surface area contributed by atoms with Gasteiger partial charge in [0, 0.05) is 23.1 Å². The van der Waals surface area contributed by atoms with E-state index in [1.807, 2.05) is 11.4 Å². The minimum absolute atomic E-state index is 0.0103. The van der Waals surface area contributed by atoms with Crippen molar-refractivity contribution in [3.05, 3.63) is 56.3 Å². The lowest BCUT2D eigenvalue weighted by atomic mass is 10.1. The monoisotopic (exact) mass is 316 g/mol. The summed E-state index contributed by atoms with van der Waals surface area (Å²) in [5.41, 5.74) is 0.990. The summed E-state index contributed by atoms with van der Waals surface area (Å²) in [6, 6.07) is 9.03. The Labute approximate surface area is 132 Å². The topological polar surface area (TPSA) is 63.5 Å². The molecule has 1 saturated heterocycles. The van der Waals surface area contributed by atoms with E-state index in [9.17, 15) is 14.9 Å². The first kappa shape index (κ1) is 14.7. The number of rotatable bonds is 4. The van der Waals surface area contributed by atoms with Crippen molar-refractivity contribution in [2.45, 2.75) is 25.8 Å². The molecule has 5 nitrogen and oxygen atoms in total. The zero-order chi connectivity index (χ0) is 15.7. The van der Waals surface area contributed by atoms with Crippen LogP contribution in [0.25, 0.3) is 0 Å². The second-order valence-electron chi connectivity index (χ2n) is 5.38. The molecule has 0 bridgehead atoms. The second-order valence-corrected chi connectivity index (χ2v) is 6.36. The fourth-order valence-corrected chi connectivity index (χ4v) is 3.84. The molecule has 0 aliphatic carbocycles. The van der Waals surface area contributed by atoms with E-state index in [2.05, 4.69) is 11.0 Å². The van der Waals surface area contributed by atoms with Gasteiger partial charge in [-0.25, -0.2) is 0 Å². The summed E-state index contributed by atoms with van der Waals surface area (Å²) < 4.78 is 0. The summed E-state index contributed by atoms with van der Waals surface area (Å²) in [6.45, 7) is 2.21. The molecule has 1 unspecified atom stereocenters. The van der Waals surface area contributed by atoms with Crippen LogP contribution in [0.5, 0.6) is 0 Å². The van der Waals surface area contributed by atoms with Gasteiger partial charge in [0.25, 0.3) is 5.69 Å². The van der Waals surface area contributed by atoms with Gasteiger partial charge in [-0.1, -0.05) is 6.07 Å². The van der Waals surface area contributed by atoms with Crippen molar-refractivity contribution in [1.82, 2.24) is 0 Å². The molecule has 0 N–H and O–H groups in total. The maximum atomic E-state index is 11.5.